The molecular formula is C16H13ClN2OS. The molecule has 0 aliphatic carbocycles. The van der Waals surface area contributed by atoms with Gasteiger partial charge in [-0.2, -0.15) is 4.40 Å². The van der Waals surface area contributed by atoms with Gasteiger partial charge >= 0.3 is 0 Å². The summed E-state index contributed by atoms with van der Waals surface area (Å²) >= 11 is 6.31. The van der Waals surface area contributed by atoms with Gasteiger partial charge in [-0.1, -0.05) is 41.9 Å². The summed E-state index contributed by atoms with van der Waals surface area (Å²) in [5.41, 5.74) is 1.84. The van der Waals surface area contributed by atoms with Crippen LogP contribution in [-0.2, 0) is 16.8 Å². The molecule has 0 amide bonds. The number of hydrogen-bond donors (Lipinski definition) is 0. The van der Waals surface area contributed by atoms with Crippen molar-refractivity contribution in [2.24, 2.45) is 11.4 Å². The first-order chi connectivity index (χ1) is 10.0. The Morgan fingerprint density at radius 2 is 1.90 bits per heavy atom. The molecule has 21 heavy (non-hydrogen) atoms. The molecule has 1 aliphatic rings. The van der Waals surface area contributed by atoms with Crippen molar-refractivity contribution in [3.63, 3.8) is 0 Å². The maximum absolute atomic E-state index is 13.0. The van der Waals surface area contributed by atoms with E-state index in [4.69, 9.17) is 11.6 Å². The lowest BCUT2D eigenvalue weighted by molar-refractivity contribution is 0.681. The molecule has 1 aromatic heterocycles. The first-order valence-electron chi connectivity index (χ1n) is 6.59. The van der Waals surface area contributed by atoms with E-state index in [9.17, 15) is 4.21 Å². The van der Waals surface area contributed by atoms with Crippen LogP contribution in [0.2, 0.25) is 5.02 Å². The van der Waals surface area contributed by atoms with E-state index in [0.29, 0.717) is 9.53 Å². The fraction of sp³-hybridized carbons (Fsp3) is 0.125. The Morgan fingerprint density at radius 3 is 2.71 bits per heavy atom. The molecule has 4 rings (SSSR count). The van der Waals surface area contributed by atoms with Crippen LogP contribution in [0, 0.1) is 14.9 Å². The van der Waals surface area contributed by atoms with Gasteiger partial charge in [-0.25, -0.2) is 4.21 Å². The molecule has 2 heterocycles. The number of aryl methyl sites for hydroxylation is 1. The summed E-state index contributed by atoms with van der Waals surface area (Å²) in [6.45, 7) is 0. The second-order valence-corrected chi connectivity index (χ2v) is 7.89. The van der Waals surface area contributed by atoms with Crippen LogP contribution in [0.5, 0.6) is 0 Å². The number of benzene rings is 2. The second kappa shape index (κ2) is 4.12. The predicted molar refractivity (Wildman–Crippen MR) is 86.1 cm³/mol. The first-order valence-corrected chi connectivity index (χ1v) is 8.89. The topological polar surface area (TPSA) is 34.4 Å². The molecule has 0 radical (unpaired) electrons. The molecule has 0 bridgehead atoms. The fourth-order valence-corrected chi connectivity index (χ4v) is 5.30. The Bertz CT molecular complexity index is 1220. The summed E-state index contributed by atoms with van der Waals surface area (Å²) in [4.78, 5) is 0. The highest BCUT2D eigenvalue weighted by Crippen LogP contribution is 2.21. The fourth-order valence-electron chi connectivity index (χ4n) is 3.05. The van der Waals surface area contributed by atoms with Gasteiger partial charge in [-0.3, -0.25) is 0 Å². The van der Waals surface area contributed by atoms with E-state index in [2.05, 4.69) is 10.5 Å². The maximum Gasteiger partial charge on any atom is 0.151 e. The zero-order valence-electron chi connectivity index (χ0n) is 11.6. The van der Waals surface area contributed by atoms with Gasteiger partial charge in [0.25, 0.3) is 0 Å². The number of hydrogen-bond acceptors (Lipinski definition) is 1. The van der Waals surface area contributed by atoms with Crippen LogP contribution < -0.4 is 5.49 Å². The molecule has 0 spiro atoms. The normalized spacial score (nSPS) is 20.0. The number of nitrogens with zero attached hydrogens (tertiary/aromatic N) is 2. The highest BCUT2D eigenvalue weighted by atomic mass is 35.5. The standard InChI is InChI=1S/C16H13ClN2OS/c1-19-13-9-4-3-6-10(13)14-11-7-5-8-12(17)15(11)21(2,20)18-16(14)19/h3-9H,1-2H3. The van der Waals surface area contributed by atoms with E-state index in [0.717, 1.165) is 26.8 Å². The van der Waals surface area contributed by atoms with Crippen LogP contribution in [-0.4, -0.2) is 15.0 Å². The maximum atomic E-state index is 13.0. The van der Waals surface area contributed by atoms with E-state index in [1.54, 1.807) is 12.3 Å². The molecule has 1 aliphatic heterocycles. The monoisotopic (exact) mass is 316 g/mol. The number of aromatic nitrogens is 1. The highest BCUT2D eigenvalue weighted by molar-refractivity contribution is 7.93. The average molecular weight is 317 g/mol. The Hall–Kier alpha value is -1.78. The molecule has 0 saturated heterocycles. The van der Waals surface area contributed by atoms with Crippen molar-refractivity contribution < 1.29 is 4.21 Å². The highest BCUT2D eigenvalue weighted by Gasteiger charge is 2.14. The van der Waals surface area contributed by atoms with E-state index < -0.39 is 9.71 Å². The molecule has 2 aromatic carbocycles. The lowest BCUT2D eigenvalue weighted by Crippen LogP contribution is -2.19. The van der Waals surface area contributed by atoms with Gasteiger partial charge in [0.15, 0.2) is 5.49 Å². The molecule has 3 aromatic rings. The van der Waals surface area contributed by atoms with Crippen LogP contribution in [0.3, 0.4) is 0 Å². The number of rotatable bonds is 0. The molecule has 0 fully saturated rings. The van der Waals surface area contributed by atoms with Gasteiger partial charge in [0.1, 0.15) is 0 Å². The van der Waals surface area contributed by atoms with Crippen molar-refractivity contribution in [2.45, 2.75) is 0 Å². The third kappa shape index (κ3) is 1.63. The van der Waals surface area contributed by atoms with E-state index in [1.807, 2.05) is 41.9 Å². The molecule has 106 valence electrons. The molecule has 0 N–H and O–H groups in total. The SMILES string of the molecule is Cn1c2c(c3ccccc31)=c1cccc(Cl)c1=S(C)(=O)N=2. The van der Waals surface area contributed by atoms with Gasteiger partial charge in [0.2, 0.25) is 0 Å². The van der Waals surface area contributed by atoms with Gasteiger partial charge in [-0.05, 0) is 12.1 Å². The Labute approximate surface area is 127 Å². The van der Waals surface area contributed by atoms with Crippen LogP contribution in [0.4, 0.5) is 0 Å². The predicted octanol–water partition coefficient (Wildman–Crippen LogP) is 2.83. The molecule has 1 atom stereocenters. The Morgan fingerprint density at radius 1 is 1.14 bits per heavy atom. The van der Waals surface area contributed by atoms with Crippen LogP contribution in [0.25, 0.3) is 10.9 Å². The van der Waals surface area contributed by atoms with Gasteiger partial charge < -0.3 is 4.57 Å². The van der Waals surface area contributed by atoms with Crippen molar-refractivity contribution >= 4 is 32.2 Å². The van der Waals surface area contributed by atoms with E-state index >= 15 is 0 Å². The average Bonchev–Trinajstić information content (AvgIpc) is 2.72. The quantitative estimate of drug-likeness (QED) is 0.587. The number of fused-ring (bicyclic) bond motifs is 4. The minimum atomic E-state index is -2.53. The lowest BCUT2D eigenvalue weighted by atomic mass is 10.2. The zero-order chi connectivity index (χ0) is 14.8. The van der Waals surface area contributed by atoms with Crippen molar-refractivity contribution in [1.29, 1.82) is 0 Å². The number of para-hydroxylation sites is 1. The summed E-state index contributed by atoms with van der Waals surface area (Å²) in [7, 11) is -0.580. The van der Waals surface area contributed by atoms with Crippen LogP contribution in [0.15, 0.2) is 46.9 Å². The third-order valence-corrected chi connectivity index (χ3v) is 6.10. The van der Waals surface area contributed by atoms with Gasteiger partial charge in [-0.15, -0.1) is 0 Å². The summed E-state index contributed by atoms with van der Waals surface area (Å²) in [5, 5.41) is 3.57. The largest absolute Gasteiger partial charge is 0.328 e. The van der Waals surface area contributed by atoms with Crippen molar-refractivity contribution in [2.75, 3.05) is 6.26 Å². The number of halogens is 1. The summed E-state index contributed by atoms with van der Waals surface area (Å²) in [6.07, 6.45) is 1.65. The second-order valence-electron chi connectivity index (χ2n) is 5.29. The van der Waals surface area contributed by atoms with Crippen LogP contribution in [0.1, 0.15) is 0 Å². The molecule has 3 nitrogen and oxygen atoms in total. The Kier molecular flexibility index (Phi) is 2.53. The summed E-state index contributed by atoms with van der Waals surface area (Å²) in [5.74, 6) is 0. The minimum absolute atomic E-state index is 0.516. The van der Waals surface area contributed by atoms with Gasteiger partial charge in [0, 0.05) is 29.1 Å². The lowest BCUT2D eigenvalue weighted by Gasteiger charge is -2.05. The molecule has 1 unspecified atom stereocenters. The zero-order valence-corrected chi connectivity index (χ0v) is 13.2. The summed E-state index contributed by atoms with van der Waals surface area (Å²) < 4.78 is 20.1. The Balaban J connectivity index is 2.60. The third-order valence-electron chi connectivity index (χ3n) is 3.95. The smallest absolute Gasteiger partial charge is 0.151 e. The van der Waals surface area contributed by atoms with E-state index in [-0.39, 0.29) is 0 Å². The first kappa shape index (κ1) is 12.9. The molecular weight excluding hydrogens is 304 g/mol. The minimum Gasteiger partial charge on any atom is -0.328 e. The van der Waals surface area contributed by atoms with Crippen LogP contribution >= 0.6 is 11.6 Å². The molecule has 5 heteroatoms. The van der Waals surface area contributed by atoms with E-state index in [1.165, 1.54) is 0 Å². The molecule has 0 saturated carbocycles. The van der Waals surface area contributed by atoms with Crippen molar-refractivity contribution in [3.8, 4) is 0 Å². The van der Waals surface area contributed by atoms with Crippen molar-refractivity contribution in [3.05, 3.63) is 67.9 Å². The van der Waals surface area contributed by atoms with Gasteiger partial charge in [0.05, 0.1) is 24.8 Å². The van der Waals surface area contributed by atoms with Crippen molar-refractivity contribution in [1.82, 2.24) is 4.57 Å². The summed E-state index contributed by atoms with van der Waals surface area (Å²) in [6, 6.07) is 13.8.